The number of rotatable bonds is 10. The maximum atomic E-state index is 13.7. The molecule has 39 heavy (non-hydrogen) atoms. The largest absolute Gasteiger partial charge is 0.352 e. The molecular formula is C31H33Cl2N3O3. The molecule has 0 spiro atoms. The molecule has 1 fully saturated rings. The minimum absolute atomic E-state index is 0.0403. The second kappa shape index (κ2) is 12.0. The van der Waals surface area contributed by atoms with Gasteiger partial charge in [-0.25, -0.2) is 0 Å². The standard InChI is InChI=1S/C31H33Cl2N3O3/c1-2-26(30(38)34-23-10-3-4-11-23)36(19-21-15-16-22(32)18-25(21)33)28(37)14-7-17-35-27-13-6-9-20-8-5-12-24(29(20)27)31(35)39/h5-6,8-9,12-13,15-16,18,23,26H,2-4,7,10-11,14,17,19H2,1H3,(H,34,38)/t26-/m0/s1. The highest BCUT2D eigenvalue weighted by molar-refractivity contribution is 6.35. The molecule has 1 saturated carbocycles. The van der Waals surface area contributed by atoms with E-state index in [4.69, 9.17) is 23.2 Å². The molecule has 3 amide bonds. The topological polar surface area (TPSA) is 69.7 Å². The second-order valence-corrected chi connectivity index (χ2v) is 11.3. The third-order valence-electron chi connectivity index (χ3n) is 7.86. The summed E-state index contributed by atoms with van der Waals surface area (Å²) in [6.45, 7) is 2.54. The molecule has 8 heteroatoms. The van der Waals surface area contributed by atoms with Crippen molar-refractivity contribution in [2.45, 2.75) is 70.5 Å². The van der Waals surface area contributed by atoms with Gasteiger partial charge in [-0.2, -0.15) is 0 Å². The number of benzene rings is 3. The predicted octanol–water partition coefficient (Wildman–Crippen LogP) is 6.75. The van der Waals surface area contributed by atoms with Crippen LogP contribution in [0.4, 0.5) is 5.69 Å². The molecule has 0 aromatic heterocycles. The van der Waals surface area contributed by atoms with Gasteiger partial charge in [0.05, 0.1) is 5.69 Å². The molecule has 2 aliphatic rings. The summed E-state index contributed by atoms with van der Waals surface area (Å²) in [6.07, 6.45) is 5.32. The molecule has 1 aliphatic carbocycles. The number of hydrogen-bond donors (Lipinski definition) is 1. The molecule has 5 rings (SSSR count). The first-order valence-electron chi connectivity index (χ1n) is 13.7. The second-order valence-electron chi connectivity index (χ2n) is 10.4. The molecule has 204 valence electrons. The van der Waals surface area contributed by atoms with Crippen LogP contribution in [0, 0.1) is 0 Å². The van der Waals surface area contributed by atoms with Crippen molar-refractivity contribution < 1.29 is 14.4 Å². The Morgan fingerprint density at radius 1 is 1.08 bits per heavy atom. The average molecular weight is 567 g/mol. The lowest BCUT2D eigenvalue weighted by Crippen LogP contribution is -2.51. The van der Waals surface area contributed by atoms with Crippen molar-refractivity contribution in [3.63, 3.8) is 0 Å². The summed E-state index contributed by atoms with van der Waals surface area (Å²) in [7, 11) is 0. The van der Waals surface area contributed by atoms with Crippen molar-refractivity contribution >= 4 is 57.4 Å². The lowest BCUT2D eigenvalue weighted by Gasteiger charge is -2.32. The van der Waals surface area contributed by atoms with Gasteiger partial charge in [-0.15, -0.1) is 0 Å². The van der Waals surface area contributed by atoms with Gasteiger partial charge in [0.2, 0.25) is 11.8 Å². The van der Waals surface area contributed by atoms with E-state index in [-0.39, 0.29) is 36.7 Å². The zero-order chi connectivity index (χ0) is 27.5. The Labute approximate surface area is 239 Å². The van der Waals surface area contributed by atoms with Gasteiger partial charge >= 0.3 is 0 Å². The lowest BCUT2D eigenvalue weighted by molar-refractivity contribution is -0.141. The number of hydrogen-bond acceptors (Lipinski definition) is 3. The number of carbonyl (C=O) groups is 3. The molecule has 6 nitrogen and oxygen atoms in total. The summed E-state index contributed by atoms with van der Waals surface area (Å²) < 4.78 is 0. The minimum atomic E-state index is -0.615. The van der Waals surface area contributed by atoms with Crippen LogP contribution in [0.5, 0.6) is 0 Å². The predicted molar refractivity (Wildman–Crippen MR) is 156 cm³/mol. The van der Waals surface area contributed by atoms with E-state index in [1.165, 1.54) is 0 Å². The zero-order valence-corrected chi connectivity index (χ0v) is 23.6. The maximum Gasteiger partial charge on any atom is 0.258 e. The van der Waals surface area contributed by atoms with Gasteiger partial charge < -0.3 is 15.1 Å². The average Bonchev–Trinajstić information content (AvgIpc) is 3.53. The van der Waals surface area contributed by atoms with E-state index >= 15 is 0 Å². The minimum Gasteiger partial charge on any atom is -0.352 e. The van der Waals surface area contributed by atoms with Crippen LogP contribution in [-0.4, -0.2) is 41.2 Å². The number of amides is 3. The highest BCUT2D eigenvalue weighted by Gasteiger charge is 2.32. The van der Waals surface area contributed by atoms with Gasteiger partial charge in [0.25, 0.3) is 5.91 Å². The van der Waals surface area contributed by atoms with E-state index in [0.29, 0.717) is 35.0 Å². The molecule has 3 aromatic rings. The molecule has 0 radical (unpaired) electrons. The van der Waals surface area contributed by atoms with E-state index in [2.05, 4.69) is 5.32 Å². The molecule has 3 aromatic carbocycles. The lowest BCUT2D eigenvalue weighted by atomic mass is 10.1. The third kappa shape index (κ3) is 5.78. The molecule has 1 aliphatic heterocycles. The highest BCUT2D eigenvalue weighted by Crippen LogP contribution is 2.37. The first kappa shape index (κ1) is 27.5. The van der Waals surface area contributed by atoms with Gasteiger partial charge in [0.15, 0.2) is 0 Å². The van der Waals surface area contributed by atoms with Gasteiger partial charge in [-0.1, -0.05) is 73.3 Å². The van der Waals surface area contributed by atoms with Crippen molar-refractivity contribution in [1.29, 1.82) is 0 Å². The first-order valence-corrected chi connectivity index (χ1v) is 14.5. The van der Waals surface area contributed by atoms with Crippen LogP contribution >= 0.6 is 23.2 Å². The third-order valence-corrected chi connectivity index (χ3v) is 8.45. The molecule has 0 saturated heterocycles. The Morgan fingerprint density at radius 2 is 1.82 bits per heavy atom. The Kier molecular flexibility index (Phi) is 8.43. The summed E-state index contributed by atoms with van der Waals surface area (Å²) in [6, 6.07) is 16.4. The Balaban J connectivity index is 1.31. The monoisotopic (exact) mass is 565 g/mol. The Morgan fingerprint density at radius 3 is 2.54 bits per heavy atom. The van der Waals surface area contributed by atoms with Crippen molar-refractivity contribution in [3.05, 3.63) is 75.8 Å². The van der Waals surface area contributed by atoms with Crippen LogP contribution in [0.15, 0.2) is 54.6 Å². The molecule has 1 heterocycles. The first-order chi connectivity index (χ1) is 18.9. The summed E-state index contributed by atoms with van der Waals surface area (Å²) in [4.78, 5) is 43.6. The summed E-state index contributed by atoms with van der Waals surface area (Å²) >= 11 is 12.6. The van der Waals surface area contributed by atoms with Crippen molar-refractivity contribution in [2.24, 2.45) is 0 Å². The van der Waals surface area contributed by atoms with Crippen LogP contribution in [0.25, 0.3) is 10.8 Å². The van der Waals surface area contributed by atoms with Crippen molar-refractivity contribution in [2.75, 3.05) is 11.4 Å². The molecule has 0 bridgehead atoms. The van der Waals surface area contributed by atoms with E-state index in [1.54, 1.807) is 28.0 Å². The van der Waals surface area contributed by atoms with Gasteiger partial charge in [-0.05, 0) is 60.9 Å². The van der Waals surface area contributed by atoms with Crippen LogP contribution in [0.3, 0.4) is 0 Å². The van der Waals surface area contributed by atoms with Crippen LogP contribution < -0.4 is 10.2 Å². The van der Waals surface area contributed by atoms with Crippen LogP contribution in [0.1, 0.15) is 67.8 Å². The summed E-state index contributed by atoms with van der Waals surface area (Å²) in [5.74, 6) is -0.307. The highest BCUT2D eigenvalue weighted by atomic mass is 35.5. The number of carbonyl (C=O) groups excluding carboxylic acids is 3. The fourth-order valence-corrected chi connectivity index (χ4v) is 6.32. The number of nitrogens with zero attached hydrogens (tertiary/aromatic N) is 2. The molecule has 1 atom stereocenters. The van der Waals surface area contributed by atoms with E-state index in [9.17, 15) is 14.4 Å². The smallest absolute Gasteiger partial charge is 0.258 e. The van der Waals surface area contributed by atoms with Gasteiger partial charge in [0.1, 0.15) is 6.04 Å². The number of anilines is 1. The fraction of sp³-hybridized carbons (Fsp3) is 0.387. The normalized spacial score (nSPS) is 15.7. The van der Waals surface area contributed by atoms with Crippen molar-refractivity contribution in [1.82, 2.24) is 10.2 Å². The molecule has 0 unspecified atom stereocenters. The van der Waals surface area contributed by atoms with Gasteiger partial charge in [-0.3, -0.25) is 14.4 Å². The summed E-state index contributed by atoms with van der Waals surface area (Å²) in [5, 5.41) is 6.13. The van der Waals surface area contributed by atoms with E-state index in [1.807, 2.05) is 43.3 Å². The SMILES string of the molecule is CC[C@@H](C(=O)NC1CCCC1)N(Cc1ccc(Cl)cc1Cl)C(=O)CCCN1C(=O)c2cccc3cccc1c23. The van der Waals surface area contributed by atoms with Crippen LogP contribution in [-0.2, 0) is 16.1 Å². The number of nitrogens with one attached hydrogen (secondary N) is 1. The van der Waals surface area contributed by atoms with Crippen LogP contribution in [0.2, 0.25) is 10.0 Å². The van der Waals surface area contributed by atoms with Crippen molar-refractivity contribution in [3.8, 4) is 0 Å². The Bertz CT molecular complexity index is 1400. The Hall–Kier alpha value is -3.09. The number of halogens is 2. The fourth-order valence-electron chi connectivity index (χ4n) is 5.85. The van der Waals surface area contributed by atoms with Gasteiger partial charge in [0, 0.05) is 46.5 Å². The molecule has 1 N–H and O–H groups in total. The quantitative estimate of drug-likeness (QED) is 0.295. The zero-order valence-electron chi connectivity index (χ0n) is 22.1. The van der Waals surface area contributed by atoms with E-state index < -0.39 is 6.04 Å². The molecular weight excluding hydrogens is 533 g/mol. The summed E-state index contributed by atoms with van der Waals surface area (Å²) in [5.41, 5.74) is 2.31. The van der Waals surface area contributed by atoms with E-state index in [0.717, 1.165) is 47.7 Å². The maximum absolute atomic E-state index is 13.7.